The molecule has 0 rings (SSSR count). The van der Waals surface area contributed by atoms with Crippen LogP contribution in [0.25, 0.3) is 0 Å². The second-order valence-electron chi connectivity index (χ2n) is 5.45. The number of hydrogen-bond acceptors (Lipinski definition) is 2. The monoisotopic (exact) mass is 350 g/mol. The zero-order valence-corrected chi connectivity index (χ0v) is 13.4. The lowest BCUT2D eigenvalue weighted by Gasteiger charge is -2.30. The lowest BCUT2D eigenvalue weighted by molar-refractivity contribution is -0.305. The van der Waals surface area contributed by atoms with Crippen LogP contribution in [0.3, 0.4) is 0 Å². The SMILES string of the molecule is CCCCCC=CCCC(C)(OCC(F)(F)F)OCC(F)(F)F. The average molecular weight is 350 g/mol. The Kier molecular flexibility index (Phi) is 9.84. The van der Waals surface area contributed by atoms with E-state index < -0.39 is 31.4 Å². The third-order valence-electron chi connectivity index (χ3n) is 2.99. The molecule has 0 aromatic carbocycles. The first kappa shape index (κ1) is 22.2. The standard InChI is InChI=1S/C15H24F6O2/c1-3-4-5-6-7-8-9-10-13(2,22-11-14(16,17)18)23-12-15(19,20)21/h7-8H,3-6,9-12H2,1-2H3. The van der Waals surface area contributed by atoms with Crippen LogP contribution in [-0.2, 0) is 9.47 Å². The van der Waals surface area contributed by atoms with E-state index in [0.717, 1.165) is 32.6 Å². The van der Waals surface area contributed by atoms with Gasteiger partial charge in [0.1, 0.15) is 13.2 Å². The molecule has 0 atom stereocenters. The molecule has 0 radical (unpaired) electrons. The van der Waals surface area contributed by atoms with Crippen LogP contribution >= 0.6 is 0 Å². The molecule has 0 saturated heterocycles. The second kappa shape index (κ2) is 10.2. The molecule has 0 bridgehead atoms. The van der Waals surface area contributed by atoms with Crippen LogP contribution in [0.15, 0.2) is 12.2 Å². The van der Waals surface area contributed by atoms with Crippen molar-refractivity contribution in [2.75, 3.05) is 13.2 Å². The van der Waals surface area contributed by atoms with Gasteiger partial charge in [-0.15, -0.1) is 0 Å². The molecule has 23 heavy (non-hydrogen) atoms. The summed E-state index contributed by atoms with van der Waals surface area (Å²) in [6, 6.07) is 0. The zero-order valence-electron chi connectivity index (χ0n) is 13.4. The van der Waals surface area contributed by atoms with Crippen molar-refractivity contribution in [1.29, 1.82) is 0 Å². The number of hydrogen-bond donors (Lipinski definition) is 0. The van der Waals surface area contributed by atoms with E-state index in [1.165, 1.54) is 0 Å². The number of unbranched alkanes of at least 4 members (excludes halogenated alkanes) is 3. The van der Waals surface area contributed by atoms with E-state index in [1.54, 1.807) is 6.08 Å². The van der Waals surface area contributed by atoms with Crippen molar-refractivity contribution < 1.29 is 35.8 Å². The molecule has 0 aromatic heterocycles. The van der Waals surface area contributed by atoms with Gasteiger partial charge in [-0.3, -0.25) is 0 Å². The molecule has 0 unspecified atom stereocenters. The van der Waals surface area contributed by atoms with Gasteiger partial charge in [0, 0.05) is 6.42 Å². The lowest BCUT2D eigenvalue weighted by atomic mass is 10.1. The molecule has 0 saturated carbocycles. The number of ether oxygens (including phenoxy) is 2. The number of rotatable bonds is 11. The summed E-state index contributed by atoms with van der Waals surface area (Å²) in [5.41, 5.74) is 0. The van der Waals surface area contributed by atoms with Gasteiger partial charge in [-0.2, -0.15) is 26.3 Å². The Balaban J connectivity index is 4.41. The van der Waals surface area contributed by atoms with Gasteiger partial charge in [0.2, 0.25) is 0 Å². The maximum atomic E-state index is 12.2. The fourth-order valence-electron chi connectivity index (χ4n) is 1.75. The minimum absolute atomic E-state index is 0.0938. The largest absolute Gasteiger partial charge is 0.411 e. The molecule has 0 aliphatic rings. The lowest BCUT2D eigenvalue weighted by Crippen LogP contribution is -2.39. The summed E-state index contributed by atoms with van der Waals surface area (Å²) in [5.74, 6) is -1.93. The number of halogens is 6. The summed E-state index contributed by atoms with van der Waals surface area (Å²) in [7, 11) is 0. The van der Waals surface area contributed by atoms with Gasteiger partial charge in [0.15, 0.2) is 5.79 Å². The van der Waals surface area contributed by atoms with E-state index in [4.69, 9.17) is 0 Å². The van der Waals surface area contributed by atoms with Gasteiger partial charge in [0.05, 0.1) is 0 Å². The highest BCUT2D eigenvalue weighted by atomic mass is 19.4. The Morgan fingerprint density at radius 2 is 1.26 bits per heavy atom. The van der Waals surface area contributed by atoms with Crippen LogP contribution in [-0.4, -0.2) is 31.4 Å². The Bertz CT molecular complexity index is 318. The van der Waals surface area contributed by atoms with Crippen LogP contribution in [0.1, 0.15) is 52.4 Å². The van der Waals surface area contributed by atoms with Gasteiger partial charge in [-0.1, -0.05) is 31.9 Å². The first-order valence-corrected chi connectivity index (χ1v) is 7.54. The topological polar surface area (TPSA) is 18.5 Å². The smallest absolute Gasteiger partial charge is 0.341 e. The van der Waals surface area contributed by atoms with E-state index in [2.05, 4.69) is 16.4 Å². The molecule has 0 fully saturated rings. The van der Waals surface area contributed by atoms with E-state index in [-0.39, 0.29) is 12.8 Å². The minimum Gasteiger partial charge on any atom is -0.341 e. The van der Waals surface area contributed by atoms with Gasteiger partial charge in [-0.05, 0) is 26.2 Å². The zero-order chi connectivity index (χ0) is 18.0. The van der Waals surface area contributed by atoms with E-state index in [9.17, 15) is 26.3 Å². The molecule has 0 N–H and O–H groups in total. The van der Waals surface area contributed by atoms with Gasteiger partial charge < -0.3 is 9.47 Å². The highest BCUT2D eigenvalue weighted by Crippen LogP contribution is 2.27. The van der Waals surface area contributed by atoms with Crippen molar-refractivity contribution >= 4 is 0 Å². The Morgan fingerprint density at radius 1 is 0.783 bits per heavy atom. The van der Waals surface area contributed by atoms with Crippen LogP contribution in [0, 0.1) is 0 Å². The molecule has 138 valence electrons. The van der Waals surface area contributed by atoms with Gasteiger partial charge >= 0.3 is 12.4 Å². The molecule has 2 nitrogen and oxygen atoms in total. The van der Waals surface area contributed by atoms with Crippen molar-refractivity contribution in [1.82, 2.24) is 0 Å². The molecule has 0 aliphatic heterocycles. The number of allylic oxidation sites excluding steroid dienone is 2. The maximum absolute atomic E-state index is 12.2. The summed E-state index contributed by atoms with van der Waals surface area (Å²) in [6.45, 7) is -0.149. The van der Waals surface area contributed by atoms with Crippen molar-refractivity contribution in [3.8, 4) is 0 Å². The predicted molar refractivity (Wildman–Crippen MR) is 74.9 cm³/mol. The first-order chi connectivity index (χ1) is 10.5. The third kappa shape index (κ3) is 14.6. The van der Waals surface area contributed by atoms with E-state index in [0.29, 0.717) is 0 Å². The van der Waals surface area contributed by atoms with E-state index >= 15 is 0 Å². The second-order valence-corrected chi connectivity index (χ2v) is 5.45. The fraction of sp³-hybridized carbons (Fsp3) is 0.867. The number of alkyl halides is 6. The van der Waals surface area contributed by atoms with Crippen molar-refractivity contribution in [2.24, 2.45) is 0 Å². The minimum atomic E-state index is -4.63. The molecule has 8 heteroatoms. The highest BCUT2D eigenvalue weighted by molar-refractivity contribution is 4.83. The summed E-state index contributed by atoms with van der Waals surface area (Å²) in [6.07, 6.45) is -1.50. The van der Waals surface area contributed by atoms with Crippen LogP contribution in [0.5, 0.6) is 0 Å². The van der Waals surface area contributed by atoms with Crippen molar-refractivity contribution in [2.45, 2.75) is 70.5 Å². The first-order valence-electron chi connectivity index (χ1n) is 7.54. The Hall–Kier alpha value is -0.760. The maximum Gasteiger partial charge on any atom is 0.411 e. The van der Waals surface area contributed by atoms with E-state index in [1.807, 2.05) is 6.08 Å². The summed E-state index contributed by atoms with van der Waals surface area (Å²) in [5, 5.41) is 0. The Labute approximate surface area is 132 Å². The van der Waals surface area contributed by atoms with Crippen LogP contribution < -0.4 is 0 Å². The van der Waals surface area contributed by atoms with Gasteiger partial charge in [-0.25, -0.2) is 0 Å². The third-order valence-corrected chi connectivity index (χ3v) is 2.99. The molecule has 0 amide bonds. The van der Waals surface area contributed by atoms with Gasteiger partial charge in [0.25, 0.3) is 0 Å². The predicted octanol–water partition coefficient (Wildman–Crippen LogP) is 5.78. The molecule has 0 aliphatic carbocycles. The van der Waals surface area contributed by atoms with Crippen molar-refractivity contribution in [3.63, 3.8) is 0 Å². The Morgan fingerprint density at radius 3 is 1.70 bits per heavy atom. The molecule has 0 heterocycles. The summed E-state index contributed by atoms with van der Waals surface area (Å²) >= 11 is 0. The fourth-order valence-corrected chi connectivity index (χ4v) is 1.75. The normalized spacial score (nSPS) is 13.9. The highest BCUT2D eigenvalue weighted by Gasteiger charge is 2.38. The van der Waals surface area contributed by atoms with Crippen LogP contribution in [0.4, 0.5) is 26.3 Å². The molecular weight excluding hydrogens is 326 g/mol. The molecule has 0 spiro atoms. The summed E-state index contributed by atoms with van der Waals surface area (Å²) < 4.78 is 82.3. The van der Waals surface area contributed by atoms with Crippen LogP contribution in [0.2, 0.25) is 0 Å². The molecule has 0 aromatic rings. The quantitative estimate of drug-likeness (QED) is 0.204. The summed E-state index contributed by atoms with van der Waals surface area (Å²) in [4.78, 5) is 0. The molecular formula is C15H24F6O2. The van der Waals surface area contributed by atoms with Crippen molar-refractivity contribution in [3.05, 3.63) is 12.2 Å². The average Bonchev–Trinajstić information content (AvgIpc) is 2.41.